The molecule has 1 amide bonds. The highest BCUT2D eigenvalue weighted by molar-refractivity contribution is 5.85. The predicted octanol–water partition coefficient (Wildman–Crippen LogP) is 5.33. The Morgan fingerprint density at radius 2 is 1.71 bits per heavy atom. The lowest BCUT2D eigenvalue weighted by Crippen LogP contribution is -2.43. The smallest absolute Gasteiger partial charge is 0.413 e. The third-order valence-corrected chi connectivity index (χ3v) is 6.28. The summed E-state index contributed by atoms with van der Waals surface area (Å²) in [5, 5.41) is 7.23. The van der Waals surface area contributed by atoms with E-state index in [9.17, 15) is 22.4 Å². The quantitative estimate of drug-likeness (QED) is 0.692. The second-order valence-electron chi connectivity index (χ2n) is 8.45. The molecule has 0 spiro atoms. The molecule has 5 nitrogen and oxygen atoms in total. The first-order valence-corrected chi connectivity index (χ1v) is 9.94. The first kappa shape index (κ1) is 19.5. The molecule has 0 radical (unpaired) electrons. The van der Waals surface area contributed by atoms with E-state index in [2.05, 4.69) is 10.4 Å². The number of carbonyl (C=O) groups is 1. The Morgan fingerprint density at radius 3 is 2.25 bits per heavy atom. The molecule has 28 heavy (non-hydrogen) atoms. The maximum Gasteiger partial charge on any atom is 0.413 e. The first-order valence-electron chi connectivity index (χ1n) is 9.94. The van der Waals surface area contributed by atoms with Crippen LogP contribution in [0.2, 0.25) is 0 Å². The van der Waals surface area contributed by atoms with Crippen molar-refractivity contribution >= 4 is 11.9 Å². The van der Waals surface area contributed by atoms with Crippen molar-refractivity contribution in [2.45, 2.75) is 87.6 Å². The molecule has 0 aromatic carbocycles. The number of anilines is 1. The summed E-state index contributed by atoms with van der Waals surface area (Å²) in [6.07, 6.45) is 0.948. The largest absolute Gasteiger partial charge is 0.445 e. The maximum absolute atomic E-state index is 13.5. The number of nitrogens with zero attached hydrogens (tertiary/aromatic N) is 2. The van der Waals surface area contributed by atoms with Crippen LogP contribution in [0, 0.1) is 0 Å². The van der Waals surface area contributed by atoms with Crippen LogP contribution in [0.25, 0.3) is 0 Å². The Balaban J connectivity index is 1.50. The van der Waals surface area contributed by atoms with Gasteiger partial charge < -0.3 is 4.74 Å². The van der Waals surface area contributed by atoms with Crippen molar-refractivity contribution < 1.29 is 27.1 Å². The highest BCUT2D eigenvalue weighted by Gasteiger charge is 2.48. The number of halogens is 4. The molecule has 3 fully saturated rings. The van der Waals surface area contributed by atoms with Gasteiger partial charge in [0.1, 0.15) is 11.9 Å². The van der Waals surface area contributed by atoms with Crippen LogP contribution in [0.5, 0.6) is 0 Å². The standard InChI is InChI=1S/C19H25F4N3O2/c1-26-16(24-17(27)28-13-9-19(22,23)10-13)14(11-3-2-4-11)15(25-26)12-5-7-18(20,21)8-6-12/h11-13H,2-10H2,1H3,(H,24,27). The number of carbonyl (C=O) groups excluding carboxylic acids is 1. The van der Waals surface area contributed by atoms with Gasteiger partial charge in [0.2, 0.25) is 5.92 Å². The zero-order valence-electron chi connectivity index (χ0n) is 15.8. The Hall–Kier alpha value is -1.80. The molecule has 3 aliphatic carbocycles. The maximum atomic E-state index is 13.5. The van der Waals surface area contributed by atoms with Gasteiger partial charge in [-0.25, -0.2) is 22.4 Å². The molecule has 9 heteroatoms. The van der Waals surface area contributed by atoms with Crippen molar-refractivity contribution in [3.63, 3.8) is 0 Å². The number of rotatable bonds is 4. The van der Waals surface area contributed by atoms with E-state index in [1.165, 1.54) is 0 Å². The van der Waals surface area contributed by atoms with E-state index >= 15 is 0 Å². The number of hydrogen-bond acceptors (Lipinski definition) is 3. The number of amides is 1. The molecule has 1 heterocycles. The van der Waals surface area contributed by atoms with Crippen LogP contribution in [0.4, 0.5) is 28.2 Å². The summed E-state index contributed by atoms with van der Waals surface area (Å²) in [4.78, 5) is 12.2. The van der Waals surface area contributed by atoms with Crippen LogP contribution in [-0.2, 0) is 11.8 Å². The molecule has 156 valence electrons. The van der Waals surface area contributed by atoms with Crippen molar-refractivity contribution in [2.24, 2.45) is 7.05 Å². The minimum absolute atomic E-state index is 0.0571. The van der Waals surface area contributed by atoms with Crippen molar-refractivity contribution in [2.75, 3.05) is 5.32 Å². The van der Waals surface area contributed by atoms with Gasteiger partial charge in [-0.2, -0.15) is 5.10 Å². The minimum atomic E-state index is -2.76. The van der Waals surface area contributed by atoms with Gasteiger partial charge in [0.25, 0.3) is 5.92 Å². The number of aromatic nitrogens is 2. The topological polar surface area (TPSA) is 56.2 Å². The van der Waals surface area contributed by atoms with Crippen molar-refractivity contribution in [3.8, 4) is 0 Å². The first-order chi connectivity index (χ1) is 13.1. The molecule has 0 atom stereocenters. The molecular weight excluding hydrogens is 378 g/mol. The molecule has 0 bridgehead atoms. The van der Waals surface area contributed by atoms with Gasteiger partial charge in [0.15, 0.2) is 0 Å². The van der Waals surface area contributed by atoms with E-state index < -0.39 is 36.9 Å². The summed E-state index contributed by atoms with van der Waals surface area (Å²) in [5.74, 6) is -4.71. The lowest BCUT2D eigenvalue weighted by atomic mass is 9.75. The summed E-state index contributed by atoms with van der Waals surface area (Å²) >= 11 is 0. The zero-order valence-corrected chi connectivity index (χ0v) is 15.8. The van der Waals surface area contributed by atoms with E-state index in [1.807, 2.05) is 0 Å². The van der Waals surface area contributed by atoms with E-state index in [1.54, 1.807) is 11.7 Å². The van der Waals surface area contributed by atoms with Crippen LogP contribution in [0.1, 0.15) is 80.9 Å². The van der Waals surface area contributed by atoms with Gasteiger partial charge in [-0.05, 0) is 31.6 Å². The van der Waals surface area contributed by atoms with Crippen LogP contribution < -0.4 is 5.32 Å². The van der Waals surface area contributed by atoms with Gasteiger partial charge in [-0.15, -0.1) is 0 Å². The van der Waals surface area contributed by atoms with Gasteiger partial charge in [-0.1, -0.05) is 6.42 Å². The fraction of sp³-hybridized carbons (Fsp3) is 0.789. The van der Waals surface area contributed by atoms with Crippen LogP contribution >= 0.6 is 0 Å². The van der Waals surface area contributed by atoms with Gasteiger partial charge in [0, 0.05) is 44.2 Å². The molecule has 3 aliphatic rings. The second-order valence-corrected chi connectivity index (χ2v) is 8.45. The summed E-state index contributed by atoms with van der Waals surface area (Å²) in [6, 6.07) is 0. The summed E-state index contributed by atoms with van der Waals surface area (Å²) < 4.78 is 59.6. The molecule has 3 saturated carbocycles. The SMILES string of the molecule is Cn1nc(C2CCC(F)(F)CC2)c(C2CCC2)c1NC(=O)OC1CC(F)(F)C1. The average Bonchev–Trinajstić information content (AvgIpc) is 2.81. The number of aryl methyl sites for hydroxylation is 1. The average molecular weight is 403 g/mol. The van der Waals surface area contributed by atoms with Gasteiger partial charge in [-0.3, -0.25) is 10.00 Å². The van der Waals surface area contributed by atoms with E-state index in [-0.39, 0.29) is 24.7 Å². The number of ether oxygens (including phenoxy) is 1. The fourth-order valence-electron chi connectivity index (χ4n) is 4.39. The molecule has 1 N–H and O–H groups in total. The Kier molecular flexibility index (Phi) is 4.82. The minimum Gasteiger partial charge on any atom is -0.445 e. The summed E-state index contributed by atoms with van der Waals surface area (Å²) in [7, 11) is 1.69. The van der Waals surface area contributed by atoms with Gasteiger partial charge in [0.05, 0.1) is 5.69 Å². The lowest BCUT2D eigenvalue weighted by molar-refractivity contribution is -0.142. The van der Waals surface area contributed by atoms with Crippen LogP contribution in [0.15, 0.2) is 0 Å². The van der Waals surface area contributed by atoms with E-state index in [4.69, 9.17) is 4.74 Å². The highest BCUT2D eigenvalue weighted by atomic mass is 19.3. The van der Waals surface area contributed by atoms with Crippen molar-refractivity contribution in [3.05, 3.63) is 11.3 Å². The van der Waals surface area contributed by atoms with Crippen LogP contribution in [-0.4, -0.2) is 33.8 Å². The molecule has 0 aliphatic heterocycles. The van der Waals surface area contributed by atoms with E-state index in [0.717, 1.165) is 30.5 Å². The number of alkyl halides is 4. The highest BCUT2D eigenvalue weighted by Crippen LogP contribution is 2.48. The third kappa shape index (κ3) is 3.85. The van der Waals surface area contributed by atoms with E-state index in [0.29, 0.717) is 18.7 Å². The third-order valence-electron chi connectivity index (χ3n) is 6.28. The summed E-state index contributed by atoms with van der Waals surface area (Å²) in [6.45, 7) is 0. The molecule has 4 rings (SSSR count). The monoisotopic (exact) mass is 403 g/mol. The van der Waals surface area contributed by atoms with Crippen molar-refractivity contribution in [1.29, 1.82) is 0 Å². The molecular formula is C19H25F4N3O2. The lowest BCUT2D eigenvalue weighted by Gasteiger charge is -2.34. The second kappa shape index (κ2) is 6.91. The predicted molar refractivity (Wildman–Crippen MR) is 94.0 cm³/mol. The number of nitrogens with one attached hydrogen (secondary N) is 1. The zero-order chi connectivity index (χ0) is 20.1. The summed E-state index contributed by atoms with van der Waals surface area (Å²) in [5.41, 5.74) is 1.69. The number of hydrogen-bond donors (Lipinski definition) is 1. The van der Waals surface area contributed by atoms with Gasteiger partial charge >= 0.3 is 6.09 Å². The van der Waals surface area contributed by atoms with Crippen LogP contribution in [0.3, 0.4) is 0 Å². The fourth-order valence-corrected chi connectivity index (χ4v) is 4.39. The molecule has 1 aromatic rings. The molecule has 0 saturated heterocycles. The Morgan fingerprint density at radius 1 is 1.07 bits per heavy atom. The Labute approximate surface area is 160 Å². The van der Waals surface area contributed by atoms with Crippen molar-refractivity contribution in [1.82, 2.24) is 9.78 Å². The molecule has 1 aromatic heterocycles. The Bertz CT molecular complexity index is 743. The normalized spacial score (nSPS) is 25.0. The molecule has 0 unspecified atom stereocenters.